The monoisotopic (exact) mass is 212 g/mol. The molecule has 1 aliphatic rings. The van der Waals surface area contributed by atoms with Crippen LogP contribution in [0.1, 0.15) is 52.9 Å². The van der Waals surface area contributed by atoms with Gasteiger partial charge in [0.2, 0.25) is 0 Å². The highest BCUT2D eigenvalue weighted by molar-refractivity contribution is 4.90. The quantitative estimate of drug-likeness (QED) is 0.681. The standard InChI is InChI=1S/C13H28N2/c1-4-6-7-8-10-15-11-9-14-12-13(15,3)5-2/h14H,4-12H2,1-3H3. The van der Waals surface area contributed by atoms with Crippen molar-refractivity contribution in [3.8, 4) is 0 Å². The van der Waals surface area contributed by atoms with Crippen LogP contribution in [-0.4, -0.2) is 36.6 Å². The summed E-state index contributed by atoms with van der Waals surface area (Å²) in [5.41, 5.74) is 0.407. The zero-order chi connectivity index (χ0) is 11.1. The number of unbranched alkanes of at least 4 members (excludes halogenated alkanes) is 3. The molecule has 0 amide bonds. The Morgan fingerprint density at radius 3 is 2.67 bits per heavy atom. The number of nitrogens with one attached hydrogen (secondary N) is 1. The van der Waals surface area contributed by atoms with Gasteiger partial charge in [-0.05, 0) is 26.3 Å². The predicted molar refractivity (Wildman–Crippen MR) is 67.3 cm³/mol. The van der Waals surface area contributed by atoms with Crippen molar-refractivity contribution in [2.45, 2.75) is 58.4 Å². The Balaban J connectivity index is 2.30. The molecule has 90 valence electrons. The van der Waals surface area contributed by atoms with Gasteiger partial charge in [-0.2, -0.15) is 0 Å². The fraction of sp³-hybridized carbons (Fsp3) is 1.00. The lowest BCUT2D eigenvalue weighted by Gasteiger charge is -2.45. The Bertz CT molecular complexity index is 170. The summed E-state index contributed by atoms with van der Waals surface area (Å²) in [5.74, 6) is 0. The average Bonchev–Trinajstić information content (AvgIpc) is 2.27. The molecule has 15 heavy (non-hydrogen) atoms. The van der Waals surface area contributed by atoms with Crippen molar-refractivity contribution in [3.05, 3.63) is 0 Å². The van der Waals surface area contributed by atoms with Crippen LogP contribution >= 0.6 is 0 Å². The summed E-state index contributed by atoms with van der Waals surface area (Å²) in [5, 5.41) is 3.52. The van der Waals surface area contributed by atoms with E-state index in [1.54, 1.807) is 0 Å². The van der Waals surface area contributed by atoms with E-state index in [9.17, 15) is 0 Å². The molecule has 2 heteroatoms. The molecule has 1 fully saturated rings. The van der Waals surface area contributed by atoms with Crippen molar-refractivity contribution >= 4 is 0 Å². The third-order valence-electron chi connectivity index (χ3n) is 3.87. The molecule has 1 saturated heterocycles. The van der Waals surface area contributed by atoms with Crippen LogP contribution in [0.3, 0.4) is 0 Å². The van der Waals surface area contributed by atoms with Crippen LogP contribution in [0.15, 0.2) is 0 Å². The molecular formula is C13H28N2. The van der Waals surface area contributed by atoms with Gasteiger partial charge >= 0.3 is 0 Å². The van der Waals surface area contributed by atoms with Crippen molar-refractivity contribution in [2.75, 3.05) is 26.2 Å². The summed E-state index contributed by atoms with van der Waals surface area (Å²) in [6.45, 7) is 11.9. The molecule has 0 aliphatic carbocycles. The molecule has 0 aromatic heterocycles. The topological polar surface area (TPSA) is 15.3 Å². The fourth-order valence-electron chi connectivity index (χ4n) is 2.41. The van der Waals surface area contributed by atoms with Gasteiger partial charge in [-0.15, -0.1) is 0 Å². The maximum Gasteiger partial charge on any atom is 0.0303 e. The van der Waals surface area contributed by atoms with Gasteiger partial charge in [-0.3, -0.25) is 4.90 Å². The molecule has 0 bridgehead atoms. The molecule has 1 N–H and O–H groups in total. The van der Waals surface area contributed by atoms with Gasteiger partial charge < -0.3 is 5.32 Å². The van der Waals surface area contributed by atoms with Crippen LogP contribution in [0.4, 0.5) is 0 Å². The summed E-state index contributed by atoms with van der Waals surface area (Å²) in [6.07, 6.45) is 6.78. The smallest absolute Gasteiger partial charge is 0.0303 e. The second-order valence-electron chi connectivity index (χ2n) is 5.07. The van der Waals surface area contributed by atoms with Crippen molar-refractivity contribution in [3.63, 3.8) is 0 Å². The van der Waals surface area contributed by atoms with E-state index in [1.807, 2.05) is 0 Å². The van der Waals surface area contributed by atoms with Gasteiger partial charge in [-0.25, -0.2) is 0 Å². The molecule has 1 atom stereocenters. The first-order chi connectivity index (χ1) is 7.23. The minimum absolute atomic E-state index is 0.407. The summed E-state index contributed by atoms with van der Waals surface area (Å²) >= 11 is 0. The van der Waals surface area contributed by atoms with Gasteiger partial charge in [0.05, 0.1) is 0 Å². The second-order valence-corrected chi connectivity index (χ2v) is 5.07. The van der Waals surface area contributed by atoms with E-state index in [2.05, 4.69) is 31.0 Å². The van der Waals surface area contributed by atoms with Crippen molar-refractivity contribution in [2.24, 2.45) is 0 Å². The van der Waals surface area contributed by atoms with Gasteiger partial charge in [0.1, 0.15) is 0 Å². The Morgan fingerprint density at radius 1 is 1.20 bits per heavy atom. The van der Waals surface area contributed by atoms with E-state index in [-0.39, 0.29) is 0 Å². The third kappa shape index (κ3) is 3.76. The first kappa shape index (κ1) is 13.0. The Labute approximate surface area is 95.4 Å². The summed E-state index contributed by atoms with van der Waals surface area (Å²) in [7, 11) is 0. The van der Waals surface area contributed by atoms with Crippen molar-refractivity contribution < 1.29 is 0 Å². The Kier molecular flexibility index (Phi) is 5.62. The predicted octanol–water partition coefficient (Wildman–Crippen LogP) is 2.64. The normalized spacial score (nSPS) is 28.2. The number of nitrogens with zero attached hydrogens (tertiary/aromatic N) is 1. The highest BCUT2D eigenvalue weighted by atomic mass is 15.2. The van der Waals surface area contributed by atoms with E-state index < -0.39 is 0 Å². The first-order valence-corrected chi connectivity index (χ1v) is 6.68. The zero-order valence-electron chi connectivity index (χ0n) is 10.8. The fourth-order valence-corrected chi connectivity index (χ4v) is 2.41. The lowest BCUT2D eigenvalue weighted by atomic mass is 9.93. The summed E-state index contributed by atoms with van der Waals surface area (Å²) < 4.78 is 0. The minimum atomic E-state index is 0.407. The molecule has 0 aromatic rings. The van der Waals surface area contributed by atoms with E-state index in [0.29, 0.717) is 5.54 Å². The summed E-state index contributed by atoms with van der Waals surface area (Å²) in [6, 6.07) is 0. The molecule has 1 unspecified atom stereocenters. The van der Waals surface area contributed by atoms with E-state index >= 15 is 0 Å². The maximum absolute atomic E-state index is 3.52. The van der Waals surface area contributed by atoms with Crippen LogP contribution in [-0.2, 0) is 0 Å². The van der Waals surface area contributed by atoms with Crippen LogP contribution in [0.2, 0.25) is 0 Å². The van der Waals surface area contributed by atoms with Crippen molar-refractivity contribution in [1.29, 1.82) is 0 Å². The SMILES string of the molecule is CCCCCCN1CCNCC1(C)CC. The molecule has 0 spiro atoms. The van der Waals surface area contributed by atoms with Gasteiger partial charge in [0.25, 0.3) is 0 Å². The summed E-state index contributed by atoms with van der Waals surface area (Å²) in [4.78, 5) is 2.69. The van der Waals surface area contributed by atoms with Crippen molar-refractivity contribution in [1.82, 2.24) is 10.2 Å². The highest BCUT2D eigenvalue weighted by Gasteiger charge is 2.31. The van der Waals surface area contributed by atoms with Crippen LogP contribution < -0.4 is 5.32 Å². The molecule has 0 radical (unpaired) electrons. The second kappa shape index (κ2) is 6.49. The lowest BCUT2D eigenvalue weighted by molar-refractivity contribution is 0.0696. The number of hydrogen-bond donors (Lipinski definition) is 1. The maximum atomic E-state index is 3.52. The van der Waals surface area contributed by atoms with Crippen LogP contribution in [0.5, 0.6) is 0 Å². The zero-order valence-corrected chi connectivity index (χ0v) is 10.8. The molecule has 2 nitrogen and oxygen atoms in total. The first-order valence-electron chi connectivity index (χ1n) is 6.68. The lowest BCUT2D eigenvalue weighted by Crippen LogP contribution is -2.59. The molecule has 0 aromatic carbocycles. The molecular weight excluding hydrogens is 184 g/mol. The third-order valence-corrected chi connectivity index (χ3v) is 3.87. The molecule has 1 rings (SSSR count). The molecule has 0 saturated carbocycles. The van der Waals surface area contributed by atoms with Gasteiger partial charge in [-0.1, -0.05) is 33.1 Å². The minimum Gasteiger partial charge on any atom is -0.314 e. The van der Waals surface area contributed by atoms with Gasteiger partial charge in [0.15, 0.2) is 0 Å². The highest BCUT2D eigenvalue weighted by Crippen LogP contribution is 2.21. The number of rotatable bonds is 6. The van der Waals surface area contributed by atoms with Crippen LogP contribution in [0.25, 0.3) is 0 Å². The van der Waals surface area contributed by atoms with Gasteiger partial charge in [0, 0.05) is 25.2 Å². The van der Waals surface area contributed by atoms with Crippen LogP contribution in [0, 0.1) is 0 Å². The largest absolute Gasteiger partial charge is 0.314 e. The van der Waals surface area contributed by atoms with E-state index in [4.69, 9.17) is 0 Å². The molecule has 1 aliphatic heterocycles. The molecule has 1 heterocycles. The van der Waals surface area contributed by atoms with E-state index in [0.717, 1.165) is 6.54 Å². The van der Waals surface area contributed by atoms with E-state index in [1.165, 1.54) is 51.7 Å². The number of hydrogen-bond acceptors (Lipinski definition) is 2. The number of piperazine rings is 1. The average molecular weight is 212 g/mol. The Morgan fingerprint density at radius 2 is 2.00 bits per heavy atom. The Hall–Kier alpha value is -0.0800.